The first-order valence-electron chi connectivity index (χ1n) is 6.33. The van der Waals surface area contributed by atoms with E-state index in [4.69, 9.17) is 4.74 Å². The number of hydrogen-bond acceptors (Lipinski definition) is 4. The van der Waals surface area contributed by atoms with Gasteiger partial charge in [0.1, 0.15) is 12.2 Å². The Hall–Kier alpha value is -0.420. The van der Waals surface area contributed by atoms with Gasteiger partial charge in [-0.15, -0.1) is 11.3 Å². The van der Waals surface area contributed by atoms with Crippen molar-refractivity contribution < 1.29 is 9.84 Å². The Morgan fingerprint density at radius 1 is 1.59 bits per heavy atom. The van der Waals surface area contributed by atoms with Crippen LogP contribution in [-0.2, 0) is 4.74 Å². The van der Waals surface area contributed by atoms with Gasteiger partial charge in [0.15, 0.2) is 0 Å². The van der Waals surface area contributed by atoms with Crippen molar-refractivity contribution >= 4 is 11.3 Å². The summed E-state index contributed by atoms with van der Waals surface area (Å²) >= 11 is 1.69. The van der Waals surface area contributed by atoms with Crippen molar-refractivity contribution in [2.75, 3.05) is 19.7 Å². The normalized spacial score (nSPS) is 31.4. The highest BCUT2D eigenvalue weighted by molar-refractivity contribution is 7.10. The molecule has 0 saturated carbocycles. The summed E-state index contributed by atoms with van der Waals surface area (Å²) in [6.45, 7) is 4.89. The van der Waals surface area contributed by atoms with Crippen LogP contribution in [0.5, 0.6) is 0 Å². The van der Waals surface area contributed by atoms with E-state index < -0.39 is 6.10 Å². The highest BCUT2D eigenvalue weighted by atomic mass is 32.1. The number of rotatable bonds is 2. The molecule has 0 aliphatic carbocycles. The molecule has 3 rings (SSSR count). The zero-order valence-corrected chi connectivity index (χ0v) is 10.9. The van der Waals surface area contributed by atoms with Crippen molar-refractivity contribution in [1.29, 1.82) is 0 Å². The standard InChI is InChI=1S/C13H19NO2S/c1-9-11(4-6-17-9)13(15)12-7-14-5-2-3-10(14)8-16-12/h4,6,10,12-13,15H,2-3,5,7-8H2,1H3. The molecule has 0 amide bonds. The number of thiophene rings is 1. The quantitative estimate of drug-likeness (QED) is 0.874. The van der Waals surface area contributed by atoms with Gasteiger partial charge in [0, 0.05) is 17.5 Å². The summed E-state index contributed by atoms with van der Waals surface area (Å²) in [7, 11) is 0. The maximum absolute atomic E-state index is 10.4. The fourth-order valence-corrected chi connectivity index (χ4v) is 3.68. The first-order valence-corrected chi connectivity index (χ1v) is 7.21. The van der Waals surface area contributed by atoms with Crippen molar-refractivity contribution in [3.63, 3.8) is 0 Å². The minimum absolute atomic E-state index is 0.0577. The van der Waals surface area contributed by atoms with Crippen LogP contribution < -0.4 is 0 Å². The summed E-state index contributed by atoms with van der Waals surface area (Å²) in [5.41, 5.74) is 1.04. The molecule has 94 valence electrons. The van der Waals surface area contributed by atoms with Crippen LogP contribution in [0.4, 0.5) is 0 Å². The molecule has 3 heterocycles. The number of hydrogen-bond donors (Lipinski definition) is 1. The topological polar surface area (TPSA) is 32.7 Å². The van der Waals surface area contributed by atoms with E-state index in [1.165, 1.54) is 24.3 Å². The number of morpholine rings is 1. The maximum Gasteiger partial charge on any atom is 0.107 e. The van der Waals surface area contributed by atoms with Crippen molar-refractivity contribution in [3.8, 4) is 0 Å². The Morgan fingerprint density at radius 3 is 3.24 bits per heavy atom. The van der Waals surface area contributed by atoms with Gasteiger partial charge < -0.3 is 9.84 Å². The van der Waals surface area contributed by atoms with Gasteiger partial charge in [-0.05, 0) is 43.3 Å². The summed E-state index contributed by atoms with van der Waals surface area (Å²) < 4.78 is 5.85. The number of aliphatic hydroxyl groups excluding tert-OH is 1. The first kappa shape index (κ1) is 11.7. The Morgan fingerprint density at radius 2 is 2.47 bits per heavy atom. The van der Waals surface area contributed by atoms with Gasteiger partial charge in [-0.25, -0.2) is 0 Å². The zero-order valence-electron chi connectivity index (χ0n) is 10.1. The average molecular weight is 253 g/mol. The molecular weight excluding hydrogens is 234 g/mol. The minimum atomic E-state index is -0.470. The molecule has 2 fully saturated rings. The van der Waals surface area contributed by atoms with Gasteiger partial charge in [0.05, 0.1) is 6.61 Å². The predicted octanol–water partition coefficient (Wildman–Crippen LogP) is 1.95. The molecule has 3 unspecified atom stereocenters. The fourth-order valence-electron chi connectivity index (χ4n) is 2.94. The van der Waals surface area contributed by atoms with Crippen LogP contribution in [0.2, 0.25) is 0 Å². The predicted molar refractivity (Wildman–Crippen MR) is 68.4 cm³/mol. The number of aryl methyl sites for hydroxylation is 1. The highest BCUT2D eigenvalue weighted by Gasteiger charge is 2.36. The lowest BCUT2D eigenvalue weighted by molar-refractivity contribution is -0.103. The molecule has 2 aliphatic rings. The van der Waals surface area contributed by atoms with Crippen LogP contribution in [0, 0.1) is 6.92 Å². The van der Waals surface area contributed by atoms with Gasteiger partial charge >= 0.3 is 0 Å². The van der Waals surface area contributed by atoms with Crippen LogP contribution in [0.3, 0.4) is 0 Å². The van der Waals surface area contributed by atoms with Crippen molar-refractivity contribution in [1.82, 2.24) is 4.90 Å². The van der Waals surface area contributed by atoms with Crippen LogP contribution in [0.1, 0.15) is 29.4 Å². The lowest BCUT2D eigenvalue weighted by Gasteiger charge is -2.37. The summed E-state index contributed by atoms with van der Waals surface area (Å²) in [6, 6.07) is 2.62. The molecule has 1 N–H and O–H groups in total. The zero-order chi connectivity index (χ0) is 11.8. The van der Waals surface area contributed by atoms with Crippen LogP contribution in [0.15, 0.2) is 11.4 Å². The van der Waals surface area contributed by atoms with Crippen molar-refractivity contribution in [3.05, 3.63) is 21.9 Å². The molecule has 2 aliphatic heterocycles. The maximum atomic E-state index is 10.4. The van der Waals surface area contributed by atoms with E-state index in [1.54, 1.807) is 11.3 Å². The van der Waals surface area contributed by atoms with E-state index in [9.17, 15) is 5.11 Å². The van der Waals surface area contributed by atoms with Crippen LogP contribution >= 0.6 is 11.3 Å². The molecule has 0 spiro atoms. The van der Waals surface area contributed by atoms with Gasteiger partial charge in [-0.1, -0.05) is 0 Å². The SMILES string of the molecule is Cc1sccc1C(O)C1CN2CCCC2CO1. The van der Waals surface area contributed by atoms with Gasteiger partial charge in [0.25, 0.3) is 0 Å². The van der Waals surface area contributed by atoms with E-state index in [0.29, 0.717) is 6.04 Å². The van der Waals surface area contributed by atoms with Crippen molar-refractivity contribution in [2.45, 2.75) is 38.0 Å². The average Bonchev–Trinajstić information content (AvgIpc) is 2.95. The molecule has 17 heavy (non-hydrogen) atoms. The fraction of sp³-hybridized carbons (Fsp3) is 0.692. The first-order chi connectivity index (χ1) is 8.25. The number of ether oxygens (including phenoxy) is 1. The smallest absolute Gasteiger partial charge is 0.107 e. The second-order valence-electron chi connectivity index (χ2n) is 5.04. The Labute approximate surface area is 106 Å². The second kappa shape index (κ2) is 4.69. The molecule has 0 bridgehead atoms. The molecule has 3 nitrogen and oxygen atoms in total. The minimum Gasteiger partial charge on any atom is -0.386 e. The summed E-state index contributed by atoms with van der Waals surface area (Å²) in [5.74, 6) is 0. The molecule has 0 radical (unpaired) electrons. The summed E-state index contributed by atoms with van der Waals surface area (Å²) in [5, 5.41) is 12.4. The third-order valence-electron chi connectivity index (χ3n) is 3.99. The molecular formula is C13H19NO2S. The Bertz CT molecular complexity index is 393. The van der Waals surface area contributed by atoms with Crippen molar-refractivity contribution in [2.24, 2.45) is 0 Å². The van der Waals surface area contributed by atoms with E-state index in [2.05, 4.69) is 11.8 Å². The van der Waals surface area contributed by atoms with Gasteiger partial charge in [0.2, 0.25) is 0 Å². The van der Waals surface area contributed by atoms with Crippen LogP contribution in [-0.4, -0.2) is 41.8 Å². The number of fused-ring (bicyclic) bond motifs is 1. The summed E-state index contributed by atoms with van der Waals surface area (Å²) in [4.78, 5) is 3.67. The Kier molecular flexibility index (Phi) is 3.21. The molecule has 3 atom stereocenters. The lowest BCUT2D eigenvalue weighted by atomic mass is 10.0. The number of nitrogens with zero attached hydrogens (tertiary/aromatic N) is 1. The largest absolute Gasteiger partial charge is 0.386 e. The molecule has 4 heteroatoms. The highest BCUT2D eigenvalue weighted by Crippen LogP contribution is 2.31. The Balaban J connectivity index is 1.71. The third kappa shape index (κ3) is 2.15. The van der Waals surface area contributed by atoms with E-state index in [-0.39, 0.29) is 6.10 Å². The van der Waals surface area contributed by atoms with Gasteiger partial charge in [-0.2, -0.15) is 0 Å². The molecule has 0 aromatic carbocycles. The molecule has 1 aromatic rings. The van der Waals surface area contributed by atoms with Gasteiger partial charge in [-0.3, -0.25) is 4.90 Å². The third-order valence-corrected chi connectivity index (χ3v) is 4.85. The van der Waals surface area contributed by atoms with E-state index >= 15 is 0 Å². The second-order valence-corrected chi connectivity index (χ2v) is 6.16. The number of aliphatic hydroxyl groups is 1. The van der Waals surface area contributed by atoms with Crippen LogP contribution in [0.25, 0.3) is 0 Å². The van der Waals surface area contributed by atoms with E-state index in [1.807, 2.05) is 11.4 Å². The summed E-state index contributed by atoms with van der Waals surface area (Å²) in [6.07, 6.45) is 2.00. The monoisotopic (exact) mass is 253 g/mol. The lowest BCUT2D eigenvalue weighted by Crippen LogP contribution is -2.48. The molecule has 2 saturated heterocycles. The van der Waals surface area contributed by atoms with E-state index in [0.717, 1.165) is 18.7 Å². The molecule has 1 aromatic heterocycles.